The number of benzene rings is 1. The predicted molar refractivity (Wildman–Crippen MR) is 85.0 cm³/mol. The number of carbonyl (C=O) groups is 1. The maximum Gasteiger partial charge on any atom is 0.191 e. The molecule has 1 aromatic heterocycles. The summed E-state index contributed by atoms with van der Waals surface area (Å²) >= 11 is 1.36. The fraction of sp³-hybridized carbons (Fsp3) is 0.400. The first kappa shape index (κ1) is 16.4. The van der Waals surface area contributed by atoms with Gasteiger partial charge in [0.15, 0.2) is 10.9 Å². The van der Waals surface area contributed by atoms with Gasteiger partial charge >= 0.3 is 0 Å². The summed E-state index contributed by atoms with van der Waals surface area (Å²) in [5.74, 6) is 1.38. The minimum absolute atomic E-state index is 0.0425. The van der Waals surface area contributed by atoms with E-state index in [1.54, 1.807) is 38.7 Å². The van der Waals surface area contributed by atoms with Crippen LogP contribution in [-0.2, 0) is 0 Å². The van der Waals surface area contributed by atoms with E-state index in [-0.39, 0.29) is 17.6 Å². The van der Waals surface area contributed by atoms with Gasteiger partial charge in [-0.1, -0.05) is 11.8 Å². The van der Waals surface area contributed by atoms with Crippen molar-refractivity contribution in [1.29, 1.82) is 0 Å². The molecule has 0 spiro atoms. The second-order valence-corrected chi connectivity index (χ2v) is 5.84. The van der Waals surface area contributed by atoms with E-state index in [9.17, 15) is 4.79 Å². The van der Waals surface area contributed by atoms with Crippen LogP contribution in [0.4, 0.5) is 0 Å². The van der Waals surface area contributed by atoms with Crippen LogP contribution >= 0.6 is 11.8 Å². The van der Waals surface area contributed by atoms with Gasteiger partial charge in [-0.3, -0.25) is 4.79 Å². The van der Waals surface area contributed by atoms with E-state index in [4.69, 9.17) is 9.47 Å². The molecule has 6 nitrogen and oxygen atoms in total. The molecular formula is C15H19N3O3S. The molecule has 0 aliphatic heterocycles. The molecule has 0 saturated carbocycles. The van der Waals surface area contributed by atoms with Gasteiger partial charge in [0, 0.05) is 6.04 Å². The summed E-state index contributed by atoms with van der Waals surface area (Å²) in [5.41, 5.74) is 0.505. The lowest BCUT2D eigenvalue weighted by Gasteiger charge is -2.11. The van der Waals surface area contributed by atoms with Crippen LogP contribution < -0.4 is 9.47 Å². The number of hydrogen-bond acceptors (Lipinski definition) is 6. The van der Waals surface area contributed by atoms with Crippen molar-refractivity contribution in [3.8, 4) is 11.5 Å². The number of ketones is 1. The van der Waals surface area contributed by atoms with Crippen LogP contribution in [0.2, 0.25) is 0 Å². The fourth-order valence-corrected chi connectivity index (χ4v) is 2.86. The average Bonchev–Trinajstić information content (AvgIpc) is 3.00. The molecule has 0 atom stereocenters. The van der Waals surface area contributed by atoms with Gasteiger partial charge in [-0.25, -0.2) is 0 Å². The minimum atomic E-state index is -0.0425. The monoisotopic (exact) mass is 321 g/mol. The van der Waals surface area contributed by atoms with E-state index in [2.05, 4.69) is 10.2 Å². The van der Waals surface area contributed by atoms with Crippen molar-refractivity contribution >= 4 is 17.5 Å². The molecule has 0 radical (unpaired) electrons. The molecule has 7 heteroatoms. The van der Waals surface area contributed by atoms with Gasteiger partial charge in [0.25, 0.3) is 0 Å². The van der Waals surface area contributed by atoms with Crippen LogP contribution in [-0.4, -0.2) is 40.5 Å². The first-order chi connectivity index (χ1) is 10.6. The smallest absolute Gasteiger partial charge is 0.191 e. The zero-order valence-corrected chi connectivity index (χ0v) is 13.9. The largest absolute Gasteiger partial charge is 0.497 e. The first-order valence-corrected chi connectivity index (χ1v) is 7.83. The highest BCUT2D eigenvalue weighted by Crippen LogP contribution is 2.27. The standard InChI is InChI=1S/C15H19N3O3S/c1-10(2)18-9-16-17-15(18)22-8-13(19)12-7-11(20-3)5-6-14(12)21-4/h5-7,9-10H,8H2,1-4H3. The third kappa shape index (κ3) is 3.59. The molecule has 0 amide bonds. The Bertz CT molecular complexity index is 655. The van der Waals surface area contributed by atoms with Crippen molar-refractivity contribution < 1.29 is 14.3 Å². The van der Waals surface area contributed by atoms with Crippen molar-refractivity contribution in [1.82, 2.24) is 14.8 Å². The molecule has 2 aromatic rings. The quantitative estimate of drug-likeness (QED) is 0.577. The predicted octanol–water partition coefficient (Wildman–Crippen LogP) is 2.85. The summed E-state index contributed by atoms with van der Waals surface area (Å²) < 4.78 is 12.3. The molecule has 0 N–H and O–H groups in total. The average molecular weight is 321 g/mol. The Hall–Kier alpha value is -2.02. The number of Topliss-reactive ketones (excluding diaryl/α,β-unsaturated/α-hetero) is 1. The van der Waals surface area contributed by atoms with Gasteiger partial charge in [0.05, 0.1) is 25.5 Å². The Morgan fingerprint density at radius 2 is 2.09 bits per heavy atom. The first-order valence-electron chi connectivity index (χ1n) is 6.84. The zero-order chi connectivity index (χ0) is 16.1. The fourth-order valence-electron chi connectivity index (χ4n) is 1.93. The topological polar surface area (TPSA) is 66.2 Å². The molecule has 2 rings (SSSR count). The number of methoxy groups -OCH3 is 2. The van der Waals surface area contributed by atoms with Gasteiger partial charge < -0.3 is 14.0 Å². The molecule has 0 aliphatic rings. The van der Waals surface area contributed by atoms with Crippen LogP contribution in [0.5, 0.6) is 11.5 Å². The van der Waals surface area contributed by atoms with Crippen LogP contribution in [0, 0.1) is 0 Å². The van der Waals surface area contributed by atoms with E-state index < -0.39 is 0 Å². The summed E-state index contributed by atoms with van der Waals surface area (Å²) in [4.78, 5) is 12.5. The Morgan fingerprint density at radius 3 is 2.73 bits per heavy atom. The number of thioether (sulfide) groups is 1. The van der Waals surface area contributed by atoms with E-state index >= 15 is 0 Å². The maximum absolute atomic E-state index is 12.5. The number of ether oxygens (including phenoxy) is 2. The van der Waals surface area contributed by atoms with Crippen molar-refractivity contribution in [2.24, 2.45) is 0 Å². The SMILES string of the molecule is COc1ccc(OC)c(C(=O)CSc2nncn2C(C)C)c1. The number of carbonyl (C=O) groups excluding carboxylic acids is 1. The minimum Gasteiger partial charge on any atom is -0.497 e. The van der Waals surface area contributed by atoms with E-state index in [1.807, 2.05) is 18.4 Å². The molecule has 22 heavy (non-hydrogen) atoms. The Labute approximate surface area is 133 Å². The Balaban J connectivity index is 2.14. The number of rotatable bonds is 7. The normalized spacial score (nSPS) is 10.8. The highest BCUT2D eigenvalue weighted by atomic mass is 32.2. The van der Waals surface area contributed by atoms with Crippen molar-refractivity contribution in [3.05, 3.63) is 30.1 Å². The third-order valence-corrected chi connectivity index (χ3v) is 4.09. The van der Waals surface area contributed by atoms with Crippen LogP contribution in [0.15, 0.2) is 29.7 Å². The highest BCUT2D eigenvalue weighted by molar-refractivity contribution is 7.99. The summed E-state index contributed by atoms with van der Waals surface area (Å²) in [5, 5.41) is 8.67. The molecule has 118 valence electrons. The number of aromatic nitrogens is 3. The summed E-state index contributed by atoms with van der Waals surface area (Å²) in [6.45, 7) is 4.08. The van der Waals surface area contributed by atoms with Gasteiger partial charge in [-0.15, -0.1) is 10.2 Å². The summed E-state index contributed by atoms with van der Waals surface area (Å²) in [7, 11) is 3.11. The highest BCUT2D eigenvalue weighted by Gasteiger charge is 2.16. The molecule has 0 aliphatic carbocycles. The number of nitrogens with zero attached hydrogens (tertiary/aromatic N) is 3. The van der Waals surface area contributed by atoms with E-state index in [1.165, 1.54) is 11.8 Å². The summed E-state index contributed by atoms with van der Waals surface area (Å²) in [6, 6.07) is 5.43. The van der Waals surface area contributed by atoms with Crippen molar-refractivity contribution in [3.63, 3.8) is 0 Å². The lowest BCUT2D eigenvalue weighted by atomic mass is 10.1. The van der Waals surface area contributed by atoms with Crippen LogP contribution in [0.25, 0.3) is 0 Å². The molecule has 0 bridgehead atoms. The number of hydrogen-bond donors (Lipinski definition) is 0. The lowest BCUT2D eigenvalue weighted by molar-refractivity contribution is 0.101. The second kappa shape index (κ2) is 7.31. The maximum atomic E-state index is 12.5. The molecule has 1 heterocycles. The molecular weight excluding hydrogens is 302 g/mol. The van der Waals surface area contributed by atoms with Gasteiger partial charge in [0.1, 0.15) is 17.8 Å². The van der Waals surface area contributed by atoms with Gasteiger partial charge in [-0.05, 0) is 32.0 Å². The molecule has 0 saturated heterocycles. The van der Waals surface area contributed by atoms with Crippen molar-refractivity contribution in [2.45, 2.75) is 25.0 Å². The van der Waals surface area contributed by atoms with Gasteiger partial charge in [0.2, 0.25) is 0 Å². The van der Waals surface area contributed by atoms with E-state index in [0.29, 0.717) is 17.1 Å². The molecule has 1 aromatic carbocycles. The lowest BCUT2D eigenvalue weighted by Crippen LogP contribution is -2.07. The Kier molecular flexibility index (Phi) is 5.43. The van der Waals surface area contributed by atoms with Crippen molar-refractivity contribution in [2.75, 3.05) is 20.0 Å². The van der Waals surface area contributed by atoms with Crippen LogP contribution in [0.3, 0.4) is 0 Å². The molecule has 0 fully saturated rings. The van der Waals surface area contributed by atoms with E-state index in [0.717, 1.165) is 5.16 Å². The second-order valence-electron chi connectivity index (χ2n) is 4.89. The zero-order valence-electron chi connectivity index (χ0n) is 13.1. The summed E-state index contributed by atoms with van der Waals surface area (Å²) in [6.07, 6.45) is 1.67. The molecule has 0 unspecified atom stereocenters. The third-order valence-electron chi connectivity index (χ3n) is 3.14. The Morgan fingerprint density at radius 1 is 1.32 bits per heavy atom. The van der Waals surface area contributed by atoms with Crippen LogP contribution in [0.1, 0.15) is 30.2 Å². The van der Waals surface area contributed by atoms with Gasteiger partial charge in [-0.2, -0.15) is 0 Å².